The topological polar surface area (TPSA) is 142 Å². The van der Waals surface area contributed by atoms with Crippen LogP contribution >= 0.6 is 0 Å². The van der Waals surface area contributed by atoms with Crippen molar-refractivity contribution >= 4 is 35.8 Å². The summed E-state index contributed by atoms with van der Waals surface area (Å²) in [5.74, 6) is 0.770. The summed E-state index contributed by atoms with van der Waals surface area (Å²) in [6, 6.07) is -0.243. The van der Waals surface area contributed by atoms with Crippen LogP contribution < -0.4 is 15.5 Å². The summed E-state index contributed by atoms with van der Waals surface area (Å²) in [5, 5.41) is 6.19. The monoisotopic (exact) mass is 570 g/mol. The molecular formula is C28H42N8O5. The Morgan fingerprint density at radius 1 is 0.927 bits per heavy atom. The molecule has 224 valence electrons. The summed E-state index contributed by atoms with van der Waals surface area (Å²) in [7, 11) is 0. The van der Waals surface area contributed by atoms with Gasteiger partial charge in [-0.15, -0.1) is 13.2 Å². The number of aromatic nitrogens is 3. The fraction of sp³-hybridized carbons (Fsp3) is 0.643. The SMILES string of the molecule is C=CCNc1nc(NCC=C)nc(N2CCN(C(=O)OCC3CCCN3C(=O)C3(C(=O)OCC)CCCC3)CC2)n1. The molecule has 3 fully saturated rings. The fourth-order valence-corrected chi connectivity index (χ4v) is 5.64. The Balaban J connectivity index is 1.31. The molecule has 41 heavy (non-hydrogen) atoms. The molecule has 0 radical (unpaired) electrons. The van der Waals surface area contributed by atoms with E-state index >= 15 is 0 Å². The summed E-state index contributed by atoms with van der Waals surface area (Å²) in [6.45, 7) is 13.0. The molecule has 13 nitrogen and oxygen atoms in total. The molecule has 13 heteroatoms. The first-order chi connectivity index (χ1) is 19.9. The summed E-state index contributed by atoms with van der Waals surface area (Å²) < 4.78 is 11.0. The molecule has 0 bridgehead atoms. The second-order valence-electron chi connectivity index (χ2n) is 10.5. The van der Waals surface area contributed by atoms with E-state index < -0.39 is 17.5 Å². The predicted molar refractivity (Wildman–Crippen MR) is 155 cm³/mol. The number of carbonyl (C=O) groups excluding carboxylic acids is 3. The van der Waals surface area contributed by atoms with Crippen molar-refractivity contribution in [3.05, 3.63) is 25.3 Å². The number of likely N-dealkylation sites (tertiary alicyclic amines) is 1. The van der Waals surface area contributed by atoms with Crippen LogP contribution in [0, 0.1) is 5.41 Å². The Morgan fingerprint density at radius 3 is 2.15 bits per heavy atom. The van der Waals surface area contributed by atoms with Crippen molar-refractivity contribution in [3.63, 3.8) is 0 Å². The van der Waals surface area contributed by atoms with Crippen molar-refractivity contribution in [2.75, 3.05) is 74.6 Å². The second-order valence-corrected chi connectivity index (χ2v) is 10.5. The molecule has 3 aliphatic rings. The van der Waals surface area contributed by atoms with E-state index in [0.29, 0.717) is 76.5 Å². The lowest BCUT2D eigenvalue weighted by Gasteiger charge is -2.35. The van der Waals surface area contributed by atoms with E-state index in [-0.39, 0.29) is 25.2 Å². The molecule has 1 aromatic rings. The average Bonchev–Trinajstić information content (AvgIpc) is 3.68. The minimum atomic E-state index is -1.10. The van der Waals surface area contributed by atoms with Crippen LogP contribution in [0.2, 0.25) is 0 Å². The number of amides is 2. The zero-order chi connectivity index (χ0) is 29.2. The highest BCUT2D eigenvalue weighted by atomic mass is 16.6. The first-order valence-electron chi connectivity index (χ1n) is 14.5. The summed E-state index contributed by atoms with van der Waals surface area (Å²) >= 11 is 0. The third kappa shape index (κ3) is 7.06. The number of piperazine rings is 1. The van der Waals surface area contributed by atoms with E-state index in [1.165, 1.54) is 0 Å². The molecule has 1 aliphatic carbocycles. The number of esters is 1. The molecule has 0 spiro atoms. The zero-order valence-electron chi connectivity index (χ0n) is 24.0. The second kappa shape index (κ2) is 14.1. The van der Waals surface area contributed by atoms with Gasteiger partial charge in [0.15, 0.2) is 0 Å². The van der Waals surface area contributed by atoms with Gasteiger partial charge in [0.25, 0.3) is 0 Å². The van der Waals surface area contributed by atoms with Gasteiger partial charge in [0.1, 0.15) is 12.0 Å². The molecule has 1 saturated carbocycles. The van der Waals surface area contributed by atoms with Crippen molar-refractivity contribution in [2.45, 2.75) is 51.5 Å². The minimum absolute atomic E-state index is 0.105. The van der Waals surface area contributed by atoms with Crippen molar-refractivity contribution < 1.29 is 23.9 Å². The molecule has 0 aromatic carbocycles. The third-order valence-electron chi connectivity index (χ3n) is 7.82. The summed E-state index contributed by atoms with van der Waals surface area (Å²) in [5.41, 5.74) is -1.10. The Morgan fingerprint density at radius 2 is 1.56 bits per heavy atom. The van der Waals surface area contributed by atoms with E-state index in [2.05, 4.69) is 38.7 Å². The van der Waals surface area contributed by atoms with E-state index in [9.17, 15) is 14.4 Å². The molecule has 4 rings (SSSR count). The maximum absolute atomic E-state index is 13.6. The van der Waals surface area contributed by atoms with E-state index in [0.717, 1.165) is 25.7 Å². The molecule has 2 aliphatic heterocycles. The van der Waals surface area contributed by atoms with Crippen LogP contribution in [-0.2, 0) is 19.1 Å². The third-order valence-corrected chi connectivity index (χ3v) is 7.82. The highest BCUT2D eigenvalue weighted by Gasteiger charge is 2.52. The van der Waals surface area contributed by atoms with Gasteiger partial charge in [-0.25, -0.2) is 4.79 Å². The lowest BCUT2D eigenvalue weighted by atomic mass is 9.84. The summed E-state index contributed by atoms with van der Waals surface area (Å²) in [6.07, 6.45) is 7.24. The quantitative estimate of drug-likeness (QED) is 0.217. The summed E-state index contributed by atoms with van der Waals surface area (Å²) in [4.78, 5) is 58.2. The molecular weight excluding hydrogens is 528 g/mol. The highest BCUT2D eigenvalue weighted by molar-refractivity contribution is 6.03. The molecule has 1 aromatic heterocycles. The Hall–Kier alpha value is -3.90. The Bertz CT molecular complexity index is 1070. The van der Waals surface area contributed by atoms with E-state index in [1.54, 1.807) is 28.9 Å². The van der Waals surface area contributed by atoms with Crippen molar-refractivity contribution in [1.29, 1.82) is 0 Å². The Kier molecular flexibility index (Phi) is 10.4. The smallest absolute Gasteiger partial charge is 0.409 e. The number of hydrogen-bond acceptors (Lipinski definition) is 11. The van der Waals surface area contributed by atoms with Gasteiger partial charge < -0.3 is 34.8 Å². The number of rotatable bonds is 12. The maximum Gasteiger partial charge on any atom is 0.409 e. The van der Waals surface area contributed by atoms with Crippen LogP contribution in [-0.4, -0.2) is 108 Å². The van der Waals surface area contributed by atoms with Crippen LogP contribution in [0.15, 0.2) is 25.3 Å². The first-order valence-corrected chi connectivity index (χ1v) is 14.5. The average molecular weight is 571 g/mol. The standard InChI is InChI=1S/C28H42N8O5/c1-4-13-29-24-31-25(30-14-5-2)33-26(32-24)34-16-18-35(19-17-34)27(39)41-20-21-10-9-15-36(21)22(37)28(11-7-8-12-28)23(38)40-6-3/h4-5,21H,1-2,6-20H2,3H3,(H2,29,30,31,32,33). The van der Waals surface area contributed by atoms with Crippen LogP contribution in [0.25, 0.3) is 0 Å². The van der Waals surface area contributed by atoms with Crippen LogP contribution in [0.1, 0.15) is 45.4 Å². The lowest BCUT2D eigenvalue weighted by Crippen LogP contribution is -2.52. The number of ether oxygens (including phenoxy) is 2. The van der Waals surface area contributed by atoms with Gasteiger partial charge in [0.05, 0.1) is 12.6 Å². The Labute approximate surface area is 241 Å². The molecule has 2 saturated heterocycles. The largest absolute Gasteiger partial charge is 0.465 e. The van der Waals surface area contributed by atoms with Gasteiger partial charge in [0, 0.05) is 45.8 Å². The van der Waals surface area contributed by atoms with Crippen molar-refractivity contribution in [2.24, 2.45) is 5.41 Å². The molecule has 2 N–H and O–H groups in total. The number of nitrogens with zero attached hydrogens (tertiary/aromatic N) is 6. The van der Waals surface area contributed by atoms with Gasteiger partial charge >= 0.3 is 12.1 Å². The molecule has 3 heterocycles. The van der Waals surface area contributed by atoms with Gasteiger partial charge in [0.2, 0.25) is 23.8 Å². The van der Waals surface area contributed by atoms with Gasteiger partial charge in [-0.1, -0.05) is 25.0 Å². The normalized spacial score (nSPS) is 19.9. The van der Waals surface area contributed by atoms with Crippen LogP contribution in [0.5, 0.6) is 0 Å². The number of carbonyl (C=O) groups is 3. The zero-order valence-corrected chi connectivity index (χ0v) is 24.0. The van der Waals surface area contributed by atoms with E-state index in [4.69, 9.17) is 9.47 Å². The van der Waals surface area contributed by atoms with E-state index in [1.807, 2.05) is 4.90 Å². The molecule has 1 atom stereocenters. The first kappa shape index (κ1) is 30.1. The maximum atomic E-state index is 13.6. The van der Waals surface area contributed by atoms with Crippen molar-refractivity contribution in [1.82, 2.24) is 24.8 Å². The highest BCUT2D eigenvalue weighted by Crippen LogP contribution is 2.42. The predicted octanol–water partition coefficient (Wildman–Crippen LogP) is 2.44. The number of hydrogen-bond donors (Lipinski definition) is 2. The molecule has 2 amide bonds. The number of nitrogens with one attached hydrogen (secondary N) is 2. The molecule has 1 unspecified atom stereocenters. The van der Waals surface area contributed by atoms with Crippen LogP contribution in [0.4, 0.5) is 22.6 Å². The van der Waals surface area contributed by atoms with Crippen molar-refractivity contribution in [3.8, 4) is 0 Å². The van der Waals surface area contributed by atoms with Gasteiger partial charge in [-0.05, 0) is 32.6 Å². The van der Waals surface area contributed by atoms with Gasteiger partial charge in [-0.3, -0.25) is 9.59 Å². The van der Waals surface area contributed by atoms with Gasteiger partial charge in [-0.2, -0.15) is 15.0 Å². The number of anilines is 3. The fourth-order valence-electron chi connectivity index (χ4n) is 5.64. The van der Waals surface area contributed by atoms with Crippen LogP contribution in [0.3, 0.4) is 0 Å². The minimum Gasteiger partial charge on any atom is -0.465 e. The lowest BCUT2D eigenvalue weighted by molar-refractivity contribution is -0.165.